The highest BCUT2D eigenvalue weighted by atomic mass is 32.1. The third kappa shape index (κ3) is 1.20. The van der Waals surface area contributed by atoms with E-state index in [1.165, 1.54) is 24.6 Å². The van der Waals surface area contributed by atoms with E-state index in [1.54, 1.807) is 6.20 Å². The van der Waals surface area contributed by atoms with Gasteiger partial charge in [-0.15, -0.1) is 11.3 Å². The number of fused-ring (bicyclic) bond motifs is 1. The molecule has 0 spiro atoms. The SMILES string of the molecule is COC(=O)c1sc2nccnc2c1N. The number of carbonyl (C=O) groups is 1. The van der Waals surface area contributed by atoms with Crippen molar-refractivity contribution in [1.82, 2.24) is 9.97 Å². The second-order valence-corrected chi connectivity index (χ2v) is 3.55. The van der Waals surface area contributed by atoms with Crippen LogP contribution in [-0.4, -0.2) is 23.0 Å². The first kappa shape index (κ1) is 8.89. The molecule has 72 valence electrons. The molecule has 0 saturated heterocycles. The lowest BCUT2D eigenvalue weighted by atomic mass is 10.3. The fourth-order valence-electron chi connectivity index (χ4n) is 1.09. The van der Waals surface area contributed by atoms with Crippen molar-refractivity contribution in [3.63, 3.8) is 0 Å². The lowest BCUT2D eigenvalue weighted by molar-refractivity contribution is 0.0607. The predicted molar refractivity (Wildman–Crippen MR) is 53.2 cm³/mol. The average molecular weight is 209 g/mol. The molecule has 2 heterocycles. The van der Waals surface area contributed by atoms with E-state index in [0.717, 1.165) is 0 Å². The highest BCUT2D eigenvalue weighted by Gasteiger charge is 2.17. The van der Waals surface area contributed by atoms with Crippen LogP contribution in [0.15, 0.2) is 12.4 Å². The van der Waals surface area contributed by atoms with Crippen LogP contribution in [0.4, 0.5) is 5.69 Å². The van der Waals surface area contributed by atoms with E-state index in [4.69, 9.17) is 5.73 Å². The van der Waals surface area contributed by atoms with E-state index in [2.05, 4.69) is 14.7 Å². The number of rotatable bonds is 1. The summed E-state index contributed by atoms with van der Waals surface area (Å²) in [5, 5.41) is 0. The summed E-state index contributed by atoms with van der Waals surface area (Å²) in [5.41, 5.74) is 6.61. The Morgan fingerprint density at radius 2 is 2.21 bits per heavy atom. The Morgan fingerprint density at radius 3 is 2.86 bits per heavy atom. The van der Waals surface area contributed by atoms with Gasteiger partial charge in [0, 0.05) is 12.4 Å². The Labute approximate surface area is 83.5 Å². The molecule has 0 radical (unpaired) electrons. The molecule has 0 atom stereocenters. The third-order valence-electron chi connectivity index (χ3n) is 1.73. The van der Waals surface area contributed by atoms with Crippen molar-refractivity contribution in [2.45, 2.75) is 0 Å². The molecular weight excluding hydrogens is 202 g/mol. The molecule has 5 nitrogen and oxygen atoms in total. The van der Waals surface area contributed by atoms with Gasteiger partial charge in [-0.2, -0.15) is 0 Å². The number of nitrogens with two attached hydrogens (primary N) is 1. The number of thiophene rings is 1. The number of esters is 1. The second kappa shape index (κ2) is 3.22. The van der Waals surface area contributed by atoms with E-state index in [0.29, 0.717) is 20.9 Å². The van der Waals surface area contributed by atoms with E-state index in [1.807, 2.05) is 0 Å². The maximum atomic E-state index is 11.3. The number of methoxy groups -OCH3 is 1. The van der Waals surface area contributed by atoms with Crippen LogP contribution >= 0.6 is 11.3 Å². The Morgan fingerprint density at radius 1 is 1.50 bits per heavy atom. The molecule has 0 saturated carbocycles. The zero-order valence-electron chi connectivity index (χ0n) is 7.35. The standard InChI is InChI=1S/C8H7N3O2S/c1-13-8(12)6-4(9)5-7(14-6)11-3-2-10-5/h2-3H,9H2,1H3. The summed E-state index contributed by atoms with van der Waals surface area (Å²) in [6, 6.07) is 0. The van der Waals surface area contributed by atoms with Crippen molar-refractivity contribution >= 4 is 33.3 Å². The number of nitrogens with zero attached hydrogens (tertiary/aromatic N) is 2. The molecule has 6 heteroatoms. The molecule has 0 amide bonds. The van der Waals surface area contributed by atoms with Crippen LogP contribution < -0.4 is 5.73 Å². The second-order valence-electron chi connectivity index (χ2n) is 2.55. The highest BCUT2D eigenvalue weighted by molar-refractivity contribution is 7.21. The van der Waals surface area contributed by atoms with E-state index >= 15 is 0 Å². The first-order valence-corrected chi connectivity index (χ1v) is 4.63. The molecule has 0 fully saturated rings. The topological polar surface area (TPSA) is 78.1 Å². The van der Waals surface area contributed by atoms with Crippen LogP contribution in [-0.2, 0) is 4.74 Å². The number of anilines is 1. The lowest BCUT2D eigenvalue weighted by Gasteiger charge is -1.94. The van der Waals surface area contributed by atoms with Gasteiger partial charge >= 0.3 is 5.97 Å². The Kier molecular flexibility index (Phi) is 2.05. The van der Waals surface area contributed by atoms with E-state index in [9.17, 15) is 4.79 Å². The first-order valence-electron chi connectivity index (χ1n) is 3.81. The number of nitrogen functional groups attached to an aromatic ring is 1. The zero-order chi connectivity index (χ0) is 10.1. The summed E-state index contributed by atoms with van der Waals surface area (Å²) < 4.78 is 4.58. The summed E-state index contributed by atoms with van der Waals surface area (Å²) in [7, 11) is 1.31. The molecule has 0 aromatic carbocycles. The first-order chi connectivity index (χ1) is 6.74. The van der Waals surface area contributed by atoms with Crippen molar-refractivity contribution in [1.29, 1.82) is 0 Å². The fourth-order valence-corrected chi connectivity index (χ4v) is 2.03. The van der Waals surface area contributed by atoms with Crippen LogP contribution in [0.2, 0.25) is 0 Å². The van der Waals surface area contributed by atoms with Crippen molar-refractivity contribution in [3.05, 3.63) is 17.3 Å². The molecule has 0 aliphatic carbocycles. The lowest BCUT2D eigenvalue weighted by Crippen LogP contribution is -2.01. The van der Waals surface area contributed by atoms with Crippen LogP contribution in [0, 0.1) is 0 Å². The Hall–Kier alpha value is -1.69. The number of hydrogen-bond donors (Lipinski definition) is 1. The van der Waals surface area contributed by atoms with E-state index in [-0.39, 0.29) is 0 Å². The van der Waals surface area contributed by atoms with Crippen LogP contribution in [0.1, 0.15) is 9.67 Å². The molecule has 0 bridgehead atoms. The number of carbonyl (C=O) groups excluding carboxylic acids is 1. The van der Waals surface area contributed by atoms with Gasteiger partial charge < -0.3 is 10.5 Å². The summed E-state index contributed by atoms with van der Waals surface area (Å²) in [6.45, 7) is 0. The van der Waals surface area contributed by atoms with Gasteiger partial charge in [0.15, 0.2) is 0 Å². The fraction of sp³-hybridized carbons (Fsp3) is 0.125. The molecule has 2 aromatic heterocycles. The summed E-state index contributed by atoms with van der Waals surface area (Å²) in [4.78, 5) is 20.3. The average Bonchev–Trinajstić information content (AvgIpc) is 2.56. The van der Waals surface area contributed by atoms with Crippen LogP contribution in [0.3, 0.4) is 0 Å². The molecule has 2 rings (SSSR count). The molecule has 2 aromatic rings. The maximum Gasteiger partial charge on any atom is 0.350 e. The van der Waals surface area contributed by atoms with Crippen molar-refractivity contribution < 1.29 is 9.53 Å². The molecule has 0 aliphatic rings. The minimum atomic E-state index is -0.452. The minimum absolute atomic E-state index is 0.338. The Bertz CT molecular complexity index is 494. The largest absolute Gasteiger partial charge is 0.465 e. The van der Waals surface area contributed by atoms with Crippen molar-refractivity contribution in [2.75, 3.05) is 12.8 Å². The van der Waals surface area contributed by atoms with Crippen LogP contribution in [0.25, 0.3) is 10.3 Å². The van der Waals surface area contributed by atoms with Gasteiger partial charge in [0.2, 0.25) is 0 Å². The number of ether oxygens (including phenoxy) is 1. The minimum Gasteiger partial charge on any atom is -0.465 e. The van der Waals surface area contributed by atoms with Gasteiger partial charge in [-0.25, -0.2) is 14.8 Å². The normalized spacial score (nSPS) is 10.4. The van der Waals surface area contributed by atoms with Gasteiger partial charge in [-0.05, 0) is 0 Å². The summed E-state index contributed by atoms with van der Waals surface area (Å²) in [5.74, 6) is -0.452. The highest BCUT2D eigenvalue weighted by Crippen LogP contribution is 2.30. The van der Waals surface area contributed by atoms with Crippen LogP contribution in [0.5, 0.6) is 0 Å². The third-order valence-corrected chi connectivity index (χ3v) is 2.82. The maximum absolute atomic E-state index is 11.3. The zero-order valence-corrected chi connectivity index (χ0v) is 8.17. The van der Waals surface area contributed by atoms with E-state index < -0.39 is 5.97 Å². The van der Waals surface area contributed by atoms with Crippen molar-refractivity contribution in [2.24, 2.45) is 0 Å². The smallest absolute Gasteiger partial charge is 0.350 e. The monoisotopic (exact) mass is 209 g/mol. The summed E-state index contributed by atoms with van der Waals surface area (Å²) in [6.07, 6.45) is 3.09. The quantitative estimate of drug-likeness (QED) is 0.710. The van der Waals surface area contributed by atoms with Gasteiger partial charge in [-0.1, -0.05) is 0 Å². The molecular formula is C8H7N3O2S. The molecule has 2 N–H and O–H groups in total. The van der Waals surface area contributed by atoms with Gasteiger partial charge in [-0.3, -0.25) is 0 Å². The Balaban J connectivity index is 2.68. The predicted octanol–water partition coefficient (Wildman–Crippen LogP) is 1.06. The summed E-state index contributed by atoms with van der Waals surface area (Å²) >= 11 is 1.18. The number of aromatic nitrogens is 2. The van der Waals surface area contributed by atoms with Gasteiger partial charge in [0.05, 0.1) is 12.8 Å². The number of hydrogen-bond acceptors (Lipinski definition) is 6. The van der Waals surface area contributed by atoms with Crippen molar-refractivity contribution in [3.8, 4) is 0 Å². The van der Waals surface area contributed by atoms with Gasteiger partial charge in [0.1, 0.15) is 15.2 Å². The molecule has 0 unspecified atom stereocenters. The van der Waals surface area contributed by atoms with Gasteiger partial charge in [0.25, 0.3) is 0 Å². The molecule has 14 heavy (non-hydrogen) atoms. The molecule has 0 aliphatic heterocycles.